The Balaban J connectivity index is 1.76. The second-order valence-corrected chi connectivity index (χ2v) is 5.93. The van der Waals surface area contributed by atoms with E-state index >= 15 is 0 Å². The van der Waals surface area contributed by atoms with Crippen molar-refractivity contribution in [3.63, 3.8) is 0 Å². The van der Waals surface area contributed by atoms with Crippen LogP contribution >= 0.6 is 0 Å². The molecule has 23 heavy (non-hydrogen) atoms. The van der Waals surface area contributed by atoms with Crippen molar-refractivity contribution >= 4 is 11.3 Å². The molecule has 0 bridgehead atoms. The molecular weight excluding hydrogens is 296 g/mol. The predicted octanol–water partition coefficient (Wildman–Crippen LogP) is 1.24. The maximum absolute atomic E-state index is 12.3. The van der Waals surface area contributed by atoms with Crippen molar-refractivity contribution < 1.29 is 4.74 Å². The topological polar surface area (TPSA) is 101 Å². The van der Waals surface area contributed by atoms with Gasteiger partial charge in [-0.3, -0.25) is 14.6 Å². The van der Waals surface area contributed by atoms with E-state index in [9.17, 15) is 4.79 Å². The highest BCUT2D eigenvalue weighted by atomic mass is 16.5. The van der Waals surface area contributed by atoms with Crippen molar-refractivity contribution in [1.82, 2.24) is 29.7 Å². The van der Waals surface area contributed by atoms with E-state index in [1.165, 1.54) is 0 Å². The Hall–Kier alpha value is -2.48. The van der Waals surface area contributed by atoms with Crippen molar-refractivity contribution in [2.45, 2.75) is 26.3 Å². The first-order chi connectivity index (χ1) is 11.2. The molecule has 1 fully saturated rings. The molecular formula is C15H18N6O2. The molecule has 3 aromatic heterocycles. The highest BCUT2D eigenvalue weighted by Gasteiger charge is 2.19. The Kier molecular flexibility index (Phi) is 3.45. The summed E-state index contributed by atoms with van der Waals surface area (Å²) < 4.78 is 7.08. The molecule has 8 heteroatoms. The standard InChI is InChI=1S/C15H18N6O2/c1-9-11(6-17-20-9)12-7-16-13-14(18-12)21(15(22)19-13)8-10-2-4-23-5-3-10/h6-7,10H,2-5,8H2,1H3,(H,17,20)(H,16,19,22). The van der Waals surface area contributed by atoms with Crippen LogP contribution in [0.1, 0.15) is 18.5 Å². The van der Waals surface area contributed by atoms with Crippen molar-refractivity contribution in [3.8, 4) is 11.3 Å². The first-order valence-corrected chi connectivity index (χ1v) is 7.76. The number of H-pyrrole nitrogens is 2. The fourth-order valence-electron chi connectivity index (χ4n) is 3.02. The molecule has 0 aliphatic carbocycles. The van der Waals surface area contributed by atoms with Gasteiger partial charge >= 0.3 is 5.69 Å². The number of nitrogens with zero attached hydrogens (tertiary/aromatic N) is 4. The molecule has 0 aromatic carbocycles. The molecule has 1 saturated heterocycles. The number of fused-ring (bicyclic) bond motifs is 1. The zero-order valence-electron chi connectivity index (χ0n) is 12.9. The summed E-state index contributed by atoms with van der Waals surface area (Å²) in [7, 11) is 0. The Morgan fingerprint density at radius 1 is 1.35 bits per heavy atom. The van der Waals surface area contributed by atoms with Gasteiger partial charge in [0, 0.05) is 31.0 Å². The smallest absolute Gasteiger partial charge is 0.328 e. The Morgan fingerprint density at radius 3 is 2.91 bits per heavy atom. The summed E-state index contributed by atoms with van der Waals surface area (Å²) in [5.41, 5.74) is 3.49. The third kappa shape index (κ3) is 2.55. The molecule has 0 unspecified atom stereocenters. The first kappa shape index (κ1) is 14.1. The molecule has 1 aliphatic rings. The molecule has 120 valence electrons. The molecule has 0 radical (unpaired) electrons. The quantitative estimate of drug-likeness (QED) is 0.757. The van der Waals surface area contributed by atoms with E-state index in [1.54, 1.807) is 17.0 Å². The van der Waals surface area contributed by atoms with E-state index in [1.807, 2.05) is 6.92 Å². The van der Waals surface area contributed by atoms with Crippen molar-refractivity contribution in [1.29, 1.82) is 0 Å². The predicted molar refractivity (Wildman–Crippen MR) is 84.0 cm³/mol. The van der Waals surface area contributed by atoms with Crippen molar-refractivity contribution in [2.75, 3.05) is 13.2 Å². The van der Waals surface area contributed by atoms with Gasteiger partial charge in [-0.05, 0) is 25.7 Å². The number of nitrogens with one attached hydrogen (secondary N) is 2. The highest BCUT2D eigenvalue weighted by Crippen LogP contribution is 2.21. The Morgan fingerprint density at radius 2 is 2.17 bits per heavy atom. The average molecular weight is 314 g/mol. The van der Waals surface area contributed by atoms with Gasteiger partial charge in [-0.1, -0.05) is 0 Å². The second-order valence-electron chi connectivity index (χ2n) is 5.93. The lowest BCUT2D eigenvalue weighted by Crippen LogP contribution is -2.26. The lowest BCUT2D eigenvalue weighted by molar-refractivity contribution is 0.0613. The van der Waals surface area contributed by atoms with Crippen LogP contribution in [0.3, 0.4) is 0 Å². The van der Waals surface area contributed by atoms with Crippen LogP contribution < -0.4 is 5.69 Å². The Bertz CT molecular complexity index is 887. The summed E-state index contributed by atoms with van der Waals surface area (Å²) in [4.78, 5) is 24.0. The van der Waals surface area contributed by atoms with Gasteiger partial charge in [0.15, 0.2) is 11.3 Å². The van der Waals surface area contributed by atoms with Gasteiger partial charge in [0.25, 0.3) is 0 Å². The summed E-state index contributed by atoms with van der Waals surface area (Å²) in [5, 5.41) is 6.91. The number of aromatic nitrogens is 6. The van der Waals surface area contributed by atoms with Gasteiger partial charge in [0.1, 0.15) is 0 Å². The number of aromatic amines is 2. The summed E-state index contributed by atoms with van der Waals surface area (Å²) >= 11 is 0. The minimum atomic E-state index is -0.160. The number of ether oxygens (including phenoxy) is 1. The zero-order chi connectivity index (χ0) is 15.8. The fourth-order valence-corrected chi connectivity index (χ4v) is 3.02. The lowest BCUT2D eigenvalue weighted by Gasteiger charge is -2.21. The van der Waals surface area contributed by atoms with Crippen molar-refractivity contribution in [2.24, 2.45) is 5.92 Å². The van der Waals surface area contributed by atoms with E-state index < -0.39 is 0 Å². The number of rotatable bonds is 3. The third-order valence-electron chi connectivity index (χ3n) is 4.37. The largest absolute Gasteiger partial charge is 0.381 e. The van der Waals surface area contributed by atoms with Gasteiger partial charge in [0.2, 0.25) is 0 Å². The second kappa shape index (κ2) is 5.62. The van der Waals surface area contributed by atoms with Gasteiger partial charge < -0.3 is 4.74 Å². The minimum absolute atomic E-state index is 0.160. The van der Waals surface area contributed by atoms with E-state index in [2.05, 4.69) is 25.1 Å². The fraction of sp³-hybridized carbons (Fsp3) is 0.467. The number of aryl methyl sites for hydroxylation is 1. The van der Waals surface area contributed by atoms with Crippen LogP contribution in [-0.2, 0) is 11.3 Å². The summed E-state index contributed by atoms with van der Waals surface area (Å²) in [5.74, 6) is 0.432. The third-order valence-corrected chi connectivity index (χ3v) is 4.37. The van der Waals surface area contributed by atoms with Gasteiger partial charge in [-0.15, -0.1) is 0 Å². The van der Waals surface area contributed by atoms with Crippen LogP contribution in [0.15, 0.2) is 17.2 Å². The monoisotopic (exact) mass is 314 g/mol. The van der Waals surface area contributed by atoms with Gasteiger partial charge in [0.05, 0.1) is 18.1 Å². The van der Waals surface area contributed by atoms with Crippen LogP contribution in [-0.4, -0.2) is 42.9 Å². The van der Waals surface area contributed by atoms with E-state index in [0.717, 1.165) is 37.3 Å². The maximum Gasteiger partial charge on any atom is 0.328 e. The molecule has 0 spiro atoms. The minimum Gasteiger partial charge on any atom is -0.381 e. The van der Waals surface area contributed by atoms with Crippen LogP contribution in [0.5, 0.6) is 0 Å². The van der Waals surface area contributed by atoms with E-state index in [-0.39, 0.29) is 5.69 Å². The molecule has 3 aromatic rings. The molecule has 0 atom stereocenters. The van der Waals surface area contributed by atoms with Crippen LogP contribution in [0.2, 0.25) is 0 Å². The number of hydrogen-bond donors (Lipinski definition) is 2. The van der Waals surface area contributed by atoms with E-state index in [4.69, 9.17) is 4.74 Å². The number of imidazole rings is 1. The van der Waals surface area contributed by atoms with E-state index in [0.29, 0.717) is 29.5 Å². The number of hydrogen-bond acceptors (Lipinski definition) is 5. The zero-order valence-corrected chi connectivity index (χ0v) is 12.9. The summed E-state index contributed by atoms with van der Waals surface area (Å²) in [6.07, 6.45) is 5.31. The van der Waals surface area contributed by atoms with Gasteiger partial charge in [-0.25, -0.2) is 14.8 Å². The molecule has 4 rings (SSSR count). The average Bonchev–Trinajstić information content (AvgIpc) is 3.12. The first-order valence-electron chi connectivity index (χ1n) is 7.76. The maximum atomic E-state index is 12.3. The molecule has 4 heterocycles. The van der Waals surface area contributed by atoms with Crippen LogP contribution in [0.25, 0.3) is 22.6 Å². The molecule has 1 aliphatic heterocycles. The SMILES string of the molecule is Cc1[nH]ncc1-c1cnc2[nH]c(=O)n(CC3CCOCC3)c2n1. The molecule has 2 N–H and O–H groups in total. The van der Waals surface area contributed by atoms with Crippen molar-refractivity contribution in [3.05, 3.63) is 28.6 Å². The molecule has 0 saturated carbocycles. The van der Waals surface area contributed by atoms with Crippen LogP contribution in [0, 0.1) is 12.8 Å². The highest BCUT2D eigenvalue weighted by molar-refractivity contribution is 5.71. The lowest BCUT2D eigenvalue weighted by atomic mass is 10.0. The normalized spacial score (nSPS) is 16.2. The summed E-state index contributed by atoms with van der Waals surface area (Å²) in [6, 6.07) is 0. The Labute approximate surface area is 131 Å². The van der Waals surface area contributed by atoms with Gasteiger partial charge in [-0.2, -0.15) is 5.10 Å². The molecule has 8 nitrogen and oxygen atoms in total. The molecule has 0 amide bonds. The summed E-state index contributed by atoms with van der Waals surface area (Å²) in [6.45, 7) is 4.09. The van der Waals surface area contributed by atoms with Crippen LogP contribution in [0.4, 0.5) is 0 Å².